The number of hydrogen-bond acceptors (Lipinski definition) is 4. The van der Waals surface area contributed by atoms with Crippen LogP contribution in [0.3, 0.4) is 0 Å². The van der Waals surface area contributed by atoms with E-state index in [9.17, 15) is 9.59 Å². The van der Waals surface area contributed by atoms with Crippen LogP contribution in [0, 0.1) is 20.8 Å². The predicted molar refractivity (Wildman–Crippen MR) is 130 cm³/mol. The van der Waals surface area contributed by atoms with E-state index in [0.717, 1.165) is 34.4 Å². The number of amides is 2. The number of aryl methyl sites for hydroxylation is 2. The van der Waals surface area contributed by atoms with Gasteiger partial charge in [0.15, 0.2) is 0 Å². The number of rotatable bonds is 6. The summed E-state index contributed by atoms with van der Waals surface area (Å²) in [5.74, 6) is 0.225. The number of ether oxygens (including phenoxy) is 1. The van der Waals surface area contributed by atoms with Gasteiger partial charge in [0.05, 0.1) is 16.5 Å². The van der Waals surface area contributed by atoms with Crippen LogP contribution in [0.4, 0.5) is 4.79 Å². The van der Waals surface area contributed by atoms with Gasteiger partial charge in [-0.05, 0) is 74.5 Å². The maximum absolute atomic E-state index is 12.9. The number of aromatic nitrogens is 1. The number of nitrogens with zero attached hydrogens (tertiary/aromatic N) is 2. The summed E-state index contributed by atoms with van der Waals surface area (Å²) in [5, 5.41) is 0.196. The Kier molecular flexibility index (Phi) is 6.44. The monoisotopic (exact) mass is 466 g/mol. The summed E-state index contributed by atoms with van der Waals surface area (Å²) in [6.07, 6.45) is 1.80. The Balaban J connectivity index is 1.50. The molecular weight excluding hydrogens is 444 g/mol. The zero-order valence-corrected chi connectivity index (χ0v) is 19.7. The summed E-state index contributed by atoms with van der Waals surface area (Å²) in [4.78, 5) is 26.9. The topological polar surface area (TPSA) is 51.5 Å². The molecule has 1 aromatic heterocycles. The van der Waals surface area contributed by atoms with Gasteiger partial charge in [0.2, 0.25) is 0 Å². The lowest BCUT2D eigenvalue weighted by Crippen LogP contribution is -2.32. The minimum Gasteiger partial charge on any atom is -0.490 e. The normalized spacial score (nSPS) is 15.1. The first-order valence-corrected chi connectivity index (χ1v) is 11.4. The number of para-hydroxylation sites is 1. The molecule has 2 aromatic carbocycles. The number of carbonyl (C=O) groups is 2. The highest BCUT2D eigenvalue weighted by atomic mass is 35.5. The molecule has 32 heavy (non-hydrogen) atoms. The molecule has 1 fully saturated rings. The first-order valence-electron chi connectivity index (χ1n) is 10.2. The van der Waals surface area contributed by atoms with Crippen LogP contribution in [0.5, 0.6) is 5.75 Å². The van der Waals surface area contributed by atoms with Crippen LogP contribution in [0.25, 0.3) is 11.8 Å². The predicted octanol–water partition coefficient (Wildman–Crippen LogP) is 6.17. The average molecular weight is 467 g/mol. The van der Waals surface area contributed by atoms with E-state index in [0.29, 0.717) is 15.7 Å². The molecule has 4 rings (SSSR count). The molecule has 0 saturated carbocycles. The van der Waals surface area contributed by atoms with Gasteiger partial charge >= 0.3 is 0 Å². The third-order valence-electron chi connectivity index (χ3n) is 5.33. The molecule has 1 aliphatic heterocycles. The maximum Gasteiger partial charge on any atom is 0.293 e. The lowest BCUT2D eigenvalue weighted by Gasteiger charge is -2.13. The highest BCUT2D eigenvalue weighted by molar-refractivity contribution is 8.18. The highest BCUT2D eigenvalue weighted by Crippen LogP contribution is 2.34. The van der Waals surface area contributed by atoms with Crippen LogP contribution >= 0.6 is 23.4 Å². The molecule has 1 aliphatic rings. The van der Waals surface area contributed by atoms with Gasteiger partial charge in [0.1, 0.15) is 12.4 Å². The second-order valence-electron chi connectivity index (χ2n) is 7.61. The van der Waals surface area contributed by atoms with Gasteiger partial charge in [0.25, 0.3) is 11.1 Å². The molecule has 0 N–H and O–H groups in total. The van der Waals surface area contributed by atoms with E-state index in [1.165, 1.54) is 10.5 Å². The third-order valence-corrected chi connectivity index (χ3v) is 6.55. The summed E-state index contributed by atoms with van der Waals surface area (Å²) < 4.78 is 7.78. The van der Waals surface area contributed by atoms with Crippen molar-refractivity contribution in [3.05, 3.63) is 87.0 Å². The fourth-order valence-corrected chi connectivity index (χ4v) is 4.71. The van der Waals surface area contributed by atoms with Crippen molar-refractivity contribution >= 4 is 40.6 Å². The Labute approximate surface area is 196 Å². The van der Waals surface area contributed by atoms with Crippen molar-refractivity contribution in [3.8, 4) is 11.4 Å². The van der Waals surface area contributed by atoms with E-state index in [4.69, 9.17) is 16.3 Å². The number of hydrogen-bond donors (Lipinski definition) is 0. The number of carbonyl (C=O) groups excluding carboxylic acids is 2. The molecule has 5 nitrogen and oxygen atoms in total. The molecule has 3 aromatic rings. The molecule has 0 radical (unpaired) electrons. The van der Waals surface area contributed by atoms with E-state index in [2.05, 4.69) is 35.8 Å². The van der Waals surface area contributed by atoms with E-state index in [-0.39, 0.29) is 24.3 Å². The molecule has 0 unspecified atom stereocenters. The minimum atomic E-state index is -0.303. The van der Waals surface area contributed by atoms with Crippen LogP contribution in [-0.2, 0) is 4.79 Å². The van der Waals surface area contributed by atoms with Crippen molar-refractivity contribution in [1.82, 2.24) is 9.47 Å². The molecule has 2 heterocycles. The van der Waals surface area contributed by atoms with E-state index in [1.54, 1.807) is 18.2 Å². The molecule has 0 atom stereocenters. The smallest absolute Gasteiger partial charge is 0.293 e. The van der Waals surface area contributed by atoms with Gasteiger partial charge in [-0.1, -0.05) is 41.4 Å². The van der Waals surface area contributed by atoms with Crippen molar-refractivity contribution < 1.29 is 14.3 Å². The highest BCUT2D eigenvalue weighted by Gasteiger charge is 2.35. The zero-order chi connectivity index (χ0) is 22.8. The molecule has 2 amide bonds. The Hall–Kier alpha value is -2.96. The van der Waals surface area contributed by atoms with Crippen molar-refractivity contribution in [2.24, 2.45) is 0 Å². The van der Waals surface area contributed by atoms with E-state index < -0.39 is 0 Å². The molecular formula is C25H23ClN2O3S. The second kappa shape index (κ2) is 9.27. The fraction of sp³-hybridized carbons (Fsp3) is 0.200. The second-order valence-corrected chi connectivity index (χ2v) is 9.01. The average Bonchev–Trinajstić information content (AvgIpc) is 3.19. The van der Waals surface area contributed by atoms with Crippen LogP contribution in [0.2, 0.25) is 5.02 Å². The van der Waals surface area contributed by atoms with E-state index >= 15 is 0 Å². The lowest BCUT2D eigenvalue weighted by molar-refractivity contribution is -0.123. The first kappa shape index (κ1) is 22.2. The summed E-state index contributed by atoms with van der Waals surface area (Å²) in [6, 6.07) is 17.4. The molecule has 1 saturated heterocycles. The molecule has 0 bridgehead atoms. The summed E-state index contributed by atoms with van der Waals surface area (Å²) >= 11 is 7.04. The van der Waals surface area contributed by atoms with Crippen LogP contribution in [0.1, 0.15) is 22.5 Å². The molecule has 0 aliphatic carbocycles. The van der Waals surface area contributed by atoms with Crippen molar-refractivity contribution in [2.45, 2.75) is 20.8 Å². The van der Waals surface area contributed by atoms with Crippen LogP contribution in [-0.4, -0.2) is 33.8 Å². The Morgan fingerprint density at radius 2 is 1.75 bits per heavy atom. The van der Waals surface area contributed by atoms with Crippen LogP contribution in [0.15, 0.2) is 59.5 Å². The Morgan fingerprint density at radius 1 is 1.03 bits per heavy atom. The van der Waals surface area contributed by atoms with Gasteiger partial charge in [-0.2, -0.15) is 0 Å². The van der Waals surface area contributed by atoms with Gasteiger partial charge in [-0.25, -0.2) is 0 Å². The summed E-state index contributed by atoms with van der Waals surface area (Å²) in [6.45, 7) is 6.44. The quantitative estimate of drug-likeness (QED) is 0.407. The zero-order valence-electron chi connectivity index (χ0n) is 18.1. The number of thioether (sulfide) groups is 1. The van der Waals surface area contributed by atoms with Crippen molar-refractivity contribution in [2.75, 3.05) is 13.2 Å². The standard InChI is InChI=1S/C25H23ClN2O3S/c1-16-8-10-20(11-9-16)28-17(2)14-19(18(28)3)15-23-24(29)27(25(30)32-23)12-13-31-22-7-5-4-6-21(22)26/h4-11,14-15H,12-13H2,1-3H3/b23-15-. The molecule has 164 valence electrons. The molecule has 7 heteroatoms. The fourth-order valence-electron chi connectivity index (χ4n) is 3.67. The maximum atomic E-state index is 12.9. The number of benzene rings is 2. The molecule has 0 spiro atoms. The van der Waals surface area contributed by atoms with E-state index in [1.807, 2.05) is 32.0 Å². The SMILES string of the molecule is Cc1ccc(-n2c(C)cc(/C=C3\SC(=O)N(CCOc4ccccc4Cl)C3=O)c2C)cc1. The van der Waals surface area contributed by atoms with Crippen molar-refractivity contribution in [1.29, 1.82) is 0 Å². The Morgan fingerprint density at radius 3 is 2.47 bits per heavy atom. The minimum absolute atomic E-state index is 0.162. The Bertz CT molecular complexity index is 1210. The van der Waals surface area contributed by atoms with Gasteiger partial charge < -0.3 is 9.30 Å². The van der Waals surface area contributed by atoms with Crippen molar-refractivity contribution in [3.63, 3.8) is 0 Å². The summed E-state index contributed by atoms with van der Waals surface area (Å²) in [5.41, 5.74) is 5.25. The van der Waals surface area contributed by atoms with Gasteiger partial charge in [-0.3, -0.25) is 14.5 Å². The van der Waals surface area contributed by atoms with Gasteiger partial charge in [-0.15, -0.1) is 0 Å². The number of halogens is 1. The largest absolute Gasteiger partial charge is 0.490 e. The summed E-state index contributed by atoms with van der Waals surface area (Å²) in [7, 11) is 0. The first-order chi connectivity index (χ1) is 15.3. The van der Waals surface area contributed by atoms with Crippen LogP contribution < -0.4 is 4.74 Å². The van der Waals surface area contributed by atoms with Gasteiger partial charge in [0, 0.05) is 17.1 Å². The third kappa shape index (κ3) is 4.47. The lowest BCUT2D eigenvalue weighted by atomic mass is 10.2. The number of imide groups is 1.